The third-order valence-corrected chi connectivity index (χ3v) is 7.02. The molecule has 0 atom stereocenters. The fourth-order valence-corrected chi connectivity index (χ4v) is 4.75. The molecule has 0 saturated carbocycles. The second-order valence-corrected chi connectivity index (χ2v) is 10.5. The molecule has 208 valence electrons. The van der Waals surface area contributed by atoms with Crippen LogP contribution in [0.1, 0.15) is 43.4 Å². The Kier molecular flexibility index (Phi) is 8.86. The number of hydrogen-bond acceptors (Lipinski definition) is 7. The predicted octanol–water partition coefficient (Wildman–Crippen LogP) is 3.10. The minimum absolute atomic E-state index is 0.0294. The van der Waals surface area contributed by atoms with Crippen LogP contribution in [0, 0.1) is 12.8 Å². The van der Waals surface area contributed by atoms with Crippen molar-refractivity contribution in [3.63, 3.8) is 0 Å². The van der Waals surface area contributed by atoms with Gasteiger partial charge in [-0.15, -0.1) is 5.10 Å². The monoisotopic (exact) mass is 534 g/mol. The van der Waals surface area contributed by atoms with Gasteiger partial charge >= 0.3 is 5.76 Å². The number of aromatic nitrogens is 2. The Morgan fingerprint density at radius 3 is 2.38 bits per heavy atom. The van der Waals surface area contributed by atoms with E-state index in [0.29, 0.717) is 31.1 Å². The molecule has 0 unspecified atom stereocenters. The van der Waals surface area contributed by atoms with E-state index < -0.39 is 5.76 Å². The van der Waals surface area contributed by atoms with E-state index in [1.807, 2.05) is 36.2 Å². The number of carbonyl (C=O) groups excluding carboxylic acids is 2. The van der Waals surface area contributed by atoms with Crippen LogP contribution < -0.4 is 16.0 Å². The zero-order chi connectivity index (χ0) is 28.1. The van der Waals surface area contributed by atoms with E-state index in [-0.39, 0.29) is 30.8 Å². The average Bonchev–Trinajstić information content (AvgIpc) is 3.48. The summed E-state index contributed by atoms with van der Waals surface area (Å²) in [4.78, 5) is 39.9. The maximum Gasteiger partial charge on any atom is 0.437 e. The van der Waals surface area contributed by atoms with Crippen molar-refractivity contribution in [3.8, 4) is 11.5 Å². The van der Waals surface area contributed by atoms with Crippen molar-refractivity contribution in [3.05, 3.63) is 69.7 Å². The minimum Gasteiger partial charge on any atom is -0.388 e. The molecule has 2 aromatic carbocycles. The van der Waals surface area contributed by atoms with Crippen molar-refractivity contribution >= 4 is 17.5 Å². The smallest absolute Gasteiger partial charge is 0.388 e. The summed E-state index contributed by atoms with van der Waals surface area (Å²) in [7, 11) is 3.30. The van der Waals surface area contributed by atoms with Gasteiger partial charge in [0, 0.05) is 45.0 Å². The largest absolute Gasteiger partial charge is 0.437 e. The molecule has 1 aliphatic rings. The van der Waals surface area contributed by atoms with Gasteiger partial charge in [-0.3, -0.25) is 14.6 Å². The van der Waals surface area contributed by atoms with Gasteiger partial charge in [-0.1, -0.05) is 38.1 Å². The Morgan fingerprint density at radius 1 is 1.10 bits per heavy atom. The third kappa shape index (κ3) is 6.94. The van der Waals surface area contributed by atoms with E-state index in [2.05, 4.69) is 36.4 Å². The zero-order valence-corrected chi connectivity index (χ0v) is 23.4. The van der Waals surface area contributed by atoms with Gasteiger partial charge in [-0.2, -0.15) is 4.68 Å². The molecule has 0 bridgehead atoms. The number of benzene rings is 2. The van der Waals surface area contributed by atoms with Crippen LogP contribution in [0.3, 0.4) is 0 Å². The Morgan fingerprint density at radius 2 is 1.79 bits per heavy atom. The second-order valence-electron chi connectivity index (χ2n) is 10.5. The second kappa shape index (κ2) is 12.3. The lowest BCUT2D eigenvalue weighted by Gasteiger charge is -2.32. The molecule has 1 N–H and O–H groups in total. The Labute approximate surface area is 229 Å². The number of hydrazine groups is 1. The summed E-state index contributed by atoms with van der Waals surface area (Å²) in [5.41, 5.74) is 4.65. The number of nitrogens with one attached hydrogen (secondary N) is 1. The number of likely N-dealkylation sites (N-methyl/N-ethyl adjacent to an activating group) is 1. The Hall–Kier alpha value is -3.92. The number of rotatable bonds is 11. The quantitative estimate of drug-likeness (QED) is 0.377. The van der Waals surface area contributed by atoms with E-state index in [4.69, 9.17) is 4.42 Å². The highest BCUT2D eigenvalue weighted by molar-refractivity contribution is 5.87. The summed E-state index contributed by atoms with van der Waals surface area (Å²) in [5, 5.41) is 10.8. The first-order valence-corrected chi connectivity index (χ1v) is 13.4. The highest BCUT2D eigenvalue weighted by Crippen LogP contribution is 2.27. The molecule has 1 aromatic heterocycles. The predicted molar refractivity (Wildman–Crippen MR) is 150 cm³/mol. The lowest BCUT2D eigenvalue weighted by molar-refractivity contribution is -0.145. The number of aryl methyl sites for hydroxylation is 2. The molecule has 0 aliphatic carbocycles. The molecule has 1 aliphatic heterocycles. The van der Waals surface area contributed by atoms with Gasteiger partial charge in [0.1, 0.15) is 0 Å². The van der Waals surface area contributed by atoms with Crippen molar-refractivity contribution in [2.24, 2.45) is 13.0 Å². The molecule has 3 aromatic rings. The van der Waals surface area contributed by atoms with Gasteiger partial charge in [0.2, 0.25) is 11.8 Å². The molecule has 0 saturated heterocycles. The van der Waals surface area contributed by atoms with Crippen LogP contribution in [0.25, 0.3) is 11.5 Å². The first-order chi connectivity index (χ1) is 18.6. The van der Waals surface area contributed by atoms with E-state index in [1.54, 1.807) is 23.0 Å². The molecule has 10 nitrogen and oxygen atoms in total. The average molecular weight is 535 g/mol. The van der Waals surface area contributed by atoms with Crippen LogP contribution in [-0.2, 0) is 29.7 Å². The summed E-state index contributed by atoms with van der Waals surface area (Å²) < 4.78 is 6.36. The van der Waals surface area contributed by atoms with Crippen LogP contribution in [0.5, 0.6) is 0 Å². The SMILES string of the molecule is Cc1cc(-c2nn(C)c(=O)o2)ccc1N(CC(=O)NCCCC(C)C)CC(=O)N(C)N1Cc2ccccc2C1. The van der Waals surface area contributed by atoms with E-state index in [1.165, 1.54) is 18.2 Å². The molecular formula is C29H38N6O4. The van der Waals surface area contributed by atoms with Crippen LogP contribution in [0.4, 0.5) is 5.69 Å². The van der Waals surface area contributed by atoms with Gasteiger partial charge < -0.3 is 14.6 Å². The lowest BCUT2D eigenvalue weighted by atomic mass is 10.1. The molecular weight excluding hydrogens is 496 g/mol. The molecule has 2 heterocycles. The number of fused-ring (bicyclic) bond motifs is 1. The Balaban J connectivity index is 1.50. The van der Waals surface area contributed by atoms with E-state index >= 15 is 0 Å². The standard InChI is InChI=1S/C29H38N6O4/c1-20(2)9-8-14-30-26(36)18-34(19-27(37)33(5)35-16-23-10-6-7-11-24(23)17-35)25-13-12-22(15-21(25)3)28-31-32(4)29(38)39-28/h6-7,10-13,15,20H,8-9,14,16-19H2,1-5H3,(H,30,36). The van der Waals surface area contributed by atoms with Crippen molar-refractivity contribution < 1.29 is 14.0 Å². The number of hydrogen-bond donors (Lipinski definition) is 1. The van der Waals surface area contributed by atoms with Crippen LogP contribution in [0.15, 0.2) is 51.7 Å². The van der Waals surface area contributed by atoms with Crippen molar-refractivity contribution in [2.75, 3.05) is 31.6 Å². The molecule has 4 rings (SSSR count). The summed E-state index contributed by atoms with van der Waals surface area (Å²) in [6.07, 6.45) is 1.94. The molecule has 0 spiro atoms. The minimum atomic E-state index is -0.541. The van der Waals surface area contributed by atoms with Gasteiger partial charge in [-0.05, 0) is 60.6 Å². The summed E-state index contributed by atoms with van der Waals surface area (Å²) in [6, 6.07) is 13.6. The number of anilines is 1. The van der Waals surface area contributed by atoms with Crippen LogP contribution in [-0.4, -0.2) is 58.3 Å². The normalized spacial score (nSPS) is 13.0. The third-order valence-electron chi connectivity index (χ3n) is 7.02. The van der Waals surface area contributed by atoms with Gasteiger partial charge in [0.25, 0.3) is 5.91 Å². The fraction of sp³-hybridized carbons (Fsp3) is 0.448. The molecule has 0 fully saturated rings. The summed E-state index contributed by atoms with van der Waals surface area (Å²) >= 11 is 0. The topological polar surface area (TPSA) is 104 Å². The van der Waals surface area contributed by atoms with Gasteiger partial charge in [0.15, 0.2) is 0 Å². The molecule has 0 radical (unpaired) electrons. The van der Waals surface area contributed by atoms with Crippen molar-refractivity contribution in [1.29, 1.82) is 0 Å². The zero-order valence-electron chi connectivity index (χ0n) is 23.4. The van der Waals surface area contributed by atoms with E-state index in [0.717, 1.165) is 28.8 Å². The molecule has 10 heteroatoms. The maximum atomic E-state index is 13.5. The van der Waals surface area contributed by atoms with Crippen molar-refractivity contribution in [2.45, 2.75) is 46.7 Å². The van der Waals surface area contributed by atoms with Crippen LogP contribution in [0.2, 0.25) is 0 Å². The number of amides is 2. The molecule has 2 amide bonds. The van der Waals surface area contributed by atoms with Gasteiger partial charge in [-0.25, -0.2) is 9.80 Å². The first kappa shape index (κ1) is 28.1. The first-order valence-electron chi connectivity index (χ1n) is 13.4. The Bertz CT molecular complexity index is 1350. The van der Waals surface area contributed by atoms with Crippen LogP contribution >= 0.6 is 0 Å². The highest BCUT2D eigenvalue weighted by atomic mass is 16.4. The highest BCUT2D eigenvalue weighted by Gasteiger charge is 2.27. The number of carbonyl (C=O) groups is 2. The van der Waals surface area contributed by atoms with E-state index in [9.17, 15) is 14.4 Å². The van der Waals surface area contributed by atoms with Gasteiger partial charge in [0.05, 0.1) is 13.1 Å². The number of nitrogens with zero attached hydrogens (tertiary/aromatic N) is 5. The summed E-state index contributed by atoms with van der Waals surface area (Å²) in [5.74, 6) is 0.000720. The maximum absolute atomic E-state index is 13.5. The fourth-order valence-electron chi connectivity index (χ4n) is 4.75. The van der Waals surface area contributed by atoms with Crippen molar-refractivity contribution in [1.82, 2.24) is 25.1 Å². The lowest BCUT2D eigenvalue weighted by Crippen LogP contribution is -2.48. The summed E-state index contributed by atoms with van der Waals surface area (Å²) in [6.45, 7) is 8.22. The molecule has 39 heavy (non-hydrogen) atoms.